The highest BCUT2D eigenvalue weighted by Crippen LogP contribution is 2.52. The Morgan fingerprint density at radius 2 is 1.86 bits per heavy atom. The van der Waals surface area contributed by atoms with Crippen LogP contribution in [0.1, 0.15) is 37.0 Å². The van der Waals surface area contributed by atoms with Crippen molar-refractivity contribution >= 4 is 40.9 Å². The maximum atomic E-state index is 12.6. The van der Waals surface area contributed by atoms with Gasteiger partial charge in [-0.1, -0.05) is 73.5 Å². The molecule has 2 aliphatic heterocycles. The fourth-order valence-corrected chi connectivity index (χ4v) is 5.70. The molecule has 0 unspecified atom stereocenters. The van der Waals surface area contributed by atoms with E-state index in [1.165, 1.54) is 5.56 Å². The maximum Gasteiger partial charge on any atom is 0.223 e. The van der Waals surface area contributed by atoms with Crippen molar-refractivity contribution < 1.29 is 14.3 Å². The van der Waals surface area contributed by atoms with Crippen molar-refractivity contribution in [3.8, 4) is 11.5 Å². The molecule has 1 amide bonds. The second-order valence-corrected chi connectivity index (χ2v) is 10.5. The summed E-state index contributed by atoms with van der Waals surface area (Å²) in [7, 11) is 1.61. The Balaban J connectivity index is 1.43. The third-order valence-electron chi connectivity index (χ3n) is 7.24. The normalized spacial score (nSPS) is 20.1. The first-order valence-corrected chi connectivity index (χ1v) is 12.6. The van der Waals surface area contributed by atoms with Gasteiger partial charge in [-0.05, 0) is 47.5 Å². The Hall–Kier alpha value is -3.15. The number of carbonyl (C=O) groups excluding carboxylic acids is 1. The van der Waals surface area contributed by atoms with Crippen LogP contribution in [-0.4, -0.2) is 25.2 Å². The number of carbonyl (C=O) groups is 1. The number of rotatable bonds is 6. The van der Waals surface area contributed by atoms with E-state index >= 15 is 0 Å². The van der Waals surface area contributed by atoms with Gasteiger partial charge < -0.3 is 19.7 Å². The molecule has 3 aromatic rings. The first-order valence-electron chi connectivity index (χ1n) is 11.9. The lowest BCUT2D eigenvalue weighted by atomic mass is 9.74. The summed E-state index contributed by atoms with van der Waals surface area (Å²) in [5, 5.41) is 4.45. The van der Waals surface area contributed by atoms with E-state index in [1.54, 1.807) is 19.2 Å². The molecule has 3 aromatic carbocycles. The average Bonchev–Trinajstić information content (AvgIpc) is 3.06. The quantitative estimate of drug-likeness (QED) is 0.395. The standard InChI is InChI=1S/C29H28Cl2N2O3/c1-28(2)22-6-4-5-7-24(22)33-15-13-27(34)32-29(28,33)14-12-19-8-11-25(26(16-19)35-3)36-18-20-9-10-21(30)17-23(20)31/h4-12,14,16-17H,13,15,18H2,1-3H3,(H,32,34)/b14-12+/t29-/m1/s1. The van der Waals surface area contributed by atoms with Crippen molar-refractivity contribution in [1.29, 1.82) is 0 Å². The van der Waals surface area contributed by atoms with Crippen LogP contribution >= 0.6 is 23.2 Å². The van der Waals surface area contributed by atoms with Crippen LogP contribution in [-0.2, 0) is 16.8 Å². The van der Waals surface area contributed by atoms with Gasteiger partial charge in [-0.25, -0.2) is 0 Å². The zero-order chi connectivity index (χ0) is 25.5. The van der Waals surface area contributed by atoms with Gasteiger partial charge in [-0.3, -0.25) is 4.79 Å². The lowest BCUT2D eigenvalue weighted by Gasteiger charge is -2.49. The fraction of sp³-hybridized carbons (Fsp3) is 0.276. The van der Waals surface area contributed by atoms with Crippen LogP contribution < -0.4 is 19.7 Å². The van der Waals surface area contributed by atoms with Gasteiger partial charge in [-0.2, -0.15) is 0 Å². The van der Waals surface area contributed by atoms with E-state index in [-0.39, 0.29) is 17.9 Å². The number of nitrogens with one attached hydrogen (secondary N) is 1. The molecule has 1 fully saturated rings. The molecule has 0 aliphatic carbocycles. The summed E-state index contributed by atoms with van der Waals surface area (Å²) in [6.07, 6.45) is 4.61. The van der Waals surface area contributed by atoms with E-state index in [2.05, 4.69) is 48.3 Å². The second kappa shape index (κ2) is 9.38. The lowest BCUT2D eigenvalue weighted by molar-refractivity contribution is -0.124. The molecule has 0 bridgehead atoms. The van der Waals surface area contributed by atoms with Crippen molar-refractivity contribution in [3.63, 3.8) is 0 Å². The molecule has 2 aliphatic rings. The molecule has 7 heteroatoms. The van der Waals surface area contributed by atoms with Crippen molar-refractivity contribution in [2.75, 3.05) is 18.6 Å². The molecule has 186 valence electrons. The third-order valence-corrected chi connectivity index (χ3v) is 7.83. The van der Waals surface area contributed by atoms with Gasteiger partial charge in [0.15, 0.2) is 11.5 Å². The highest BCUT2D eigenvalue weighted by Gasteiger charge is 2.57. The van der Waals surface area contributed by atoms with Gasteiger partial charge in [0, 0.05) is 39.7 Å². The summed E-state index contributed by atoms with van der Waals surface area (Å²) in [5.41, 5.74) is 3.15. The fourth-order valence-electron chi connectivity index (χ4n) is 5.24. The first kappa shape index (κ1) is 24.5. The molecule has 0 saturated carbocycles. The lowest BCUT2D eigenvalue weighted by Crippen LogP contribution is -2.68. The Kier molecular flexibility index (Phi) is 6.39. The van der Waals surface area contributed by atoms with E-state index in [0.29, 0.717) is 34.5 Å². The number of methoxy groups -OCH3 is 1. The molecular formula is C29H28Cl2N2O3. The Morgan fingerprint density at radius 1 is 1.06 bits per heavy atom. The monoisotopic (exact) mass is 522 g/mol. The number of nitrogens with zero attached hydrogens (tertiary/aromatic N) is 1. The van der Waals surface area contributed by atoms with Crippen LogP contribution in [0.5, 0.6) is 11.5 Å². The smallest absolute Gasteiger partial charge is 0.223 e. The number of amides is 1. The van der Waals surface area contributed by atoms with Gasteiger partial charge >= 0.3 is 0 Å². The average molecular weight is 523 g/mol. The number of halogens is 2. The Labute approximate surface area is 221 Å². The minimum absolute atomic E-state index is 0.0546. The summed E-state index contributed by atoms with van der Waals surface area (Å²) >= 11 is 12.3. The van der Waals surface area contributed by atoms with Gasteiger partial charge in [0.05, 0.1) is 7.11 Å². The molecule has 1 saturated heterocycles. The summed E-state index contributed by atoms with van der Waals surface area (Å²) in [6, 6.07) is 19.5. The van der Waals surface area contributed by atoms with E-state index < -0.39 is 5.66 Å². The summed E-state index contributed by atoms with van der Waals surface area (Å²) < 4.78 is 11.6. The SMILES string of the molecule is COc1cc(/C=C/[C@@]23NC(=O)CCN2c2ccccc2C3(C)C)ccc1OCc1ccc(Cl)cc1Cl. The highest BCUT2D eigenvalue weighted by molar-refractivity contribution is 6.35. The molecule has 5 nitrogen and oxygen atoms in total. The van der Waals surface area contributed by atoms with Gasteiger partial charge in [0.1, 0.15) is 12.3 Å². The zero-order valence-corrected chi connectivity index (χ0v) is 22.0. The molecule has 0 spiro atoms. The van der Waals surface area contributed by atoms with Crippen molar-refractivity contribution in [2.24, 2.45) is 0 Å². The van der Waals surface area contributed by atoms with Crippen molar-refractivity contribution in [1.82, 2.24) is 5.32 Å². The number of benzene rings is 3. The Morgan fingerprint density at radius 3 is 2.64 bits per heavy atom. The number of fused-ring (bicyclic) bond motifs is 3. The number of hydrogen-bond acceptors (Lipinski definition) is 4. The van der Waals surface area contributed by atoms with Crippen LogP contribution in [0.25, 0.3) is 6.08 Å². The van der Waals surface area contributed by atoms with E-state index in [1.807, 2.05) is 36.4 Å². The molecule has 5 rings (SSSR count). The van der Waals surface area contributed by atoms with E-state index in [9.17, 15) is 4.79 Å². The molecular weight excluding hydrogens is 495 g/mol. The third kappa shape index (κ3) is 4.10. The predicted molar refractivity (Wildman–Crippen MR) is 145 cm³/mol. The second-order valence-electron chi connectivity index (χ2n) is 9.63. The Bertz CT molecular complexity index is 1350. The van der Waals surface area contributed by atoms with Gasteiger partial charge in [0.25, 0.3) is 0 Å². The molecule has 2 heterocycles. The van der Waals surface area contributed by atoms with Crippen LogP contribution in [0.3, 0.4) is 0 Å². The first-order chi connectivity index (χ1) is 17.2. The minimum atomic E-state index is -0.667. The largest absolute Gasteiger partial charge is 0.493 e. The molecule has 36 heavy (non-hydrogen) atoms. The predicted octanol–water partition coefficient (Wildman–Crippen LogP) is 6.61. The van der Waals surface area contributed by atoms with Crippen LogP contribution in [0, 0.1) is 0 Å². The highest BCUT2D eigenvalue weighted by atomic mass is 35.5. The van der Waals surface area contributed by atoms with Gasteiger partial charge in [0.2, 0.25) is 5.91 Å². The van der Waals surface area contributed by atoms with Gasteiger partial charge in [-0.15, -0.1) is 0 Å². The molecule has 0 radical (unpaired) electrons. The topological polar surface area (TPSA) is 50.8 Å². The number of para-hydroxylation sites is 1. The molecule has 1 atom stereocenters. The van der Waals surface area contributed by atoms with Crippen molar-refractivity contribution in [2.45, 2.75) is 38.0 Å². The maximum absolute atomic E-state index is 12.6. The number of ether oxygens (including phenoxy) is 2. The summed E-state index contributed by atoms with van der Waals surface area (Å²) in [5.74, 6) is 1.28. The minimum Gasteiger partial charge on any atom is -0.493 e. The zero-order valence-electron chi connectivity index (χ0n) is 20.5. The van der Waals surface area contributed by atoms with Crippen LogP contribution in [0.2, 0.25) is 10.0 Å². The van der Waals surface area contributed by atoms with Crippen LogP contribution in [0.4, 0.5) is 5.69 Å². The number of hydrogen-bond donors (Lipinski definition) is 1. The number of anilines is 1. The van der Waals surface area contributed by atoms with Crippen molar-refractivity contribution in [3.05, 3.63) is 93.5 Å². The van der Waals surface area contributed by atoms with E-state index in [4.69, 9.17) is 32.7 Å². The summed E-state index contributed by atoms with van der Waals surface area (Å²) in [4.78, 5) is 14.9. The molecule has 1 N–H and O–H groups in total. The van der Waals surface area contributed by atoms with Crippen LogP contribution in [0.15, 0.2) is 66.7 Å². The van der Waals surface area contributed by atoms with E-state index in [0.717, 1.165) is 16.8 Å². The molecule has 0 aromatic heterocycles. The summed E-state index contributed by atoms with van der Waals surface area (Å²) in [6.45, 7) is 5.32.